The molecule has 18 heavy (non-hydrogen) atoms. The van der Waals surface area contributed by atoms with Crippen LogP contribution in [0.4, 0.5) is 0 Å². The van der Waals surface area contributed by atoms with Gasteiger partial charge in [-0.25, -0.2) is 4.98 Å². The van der Waals surface area contributed by atoms with Gasteiger partial charge in [-0.3, -0.25) is 9.59 Å². The van der Waals surface area contributed by atoms with E-state index in [0.29, 0.717) is 10.0 Å². The van der Waals surface area contributed by atoms with Gasteiger partial charge in [-0.1, -0.05) is 11.6 Å². The molecule has 0 atom stereocenters. The highest BCUT2D eigenvalue weighted by atomic mass is 79.9. The van der Waals surface area contributed by atoms with Crippen LogP contribution in [-0.4, -0.2) is 42.5 Å². The van der Waals surface area contributed by atoms with Crippen molar-refractivity contribution >= 4 is 39.4 Å². The van der Waals surface area contributed by atoms with Crippen molar-refractivity contribution in [1.29, 1.82) is 0 Å². The minimum Gasteiger partial charge on any atom is -0.469 e. The maximum atomic E-state index is 12.0. The van der Waals surface area contributed by atoms with Crippen molar-refractivity contribution in [3.05, 3.63) is 27.5 Å². The molecule has 0 unspecified atom stereocenters. The Morgan fingerprint density at radius 3 is 2.83 bits per heavy atom. The number of aromatic nitrogens is 1. The van der Waals surface area contributed by atoms with Crippen LogP contribution in [0.1, 0.15) is 16.8 Å². The highest BCUT2D eigenvalue weighted by Gasteiger charge is 2.17. The van der Waals surface area contributed by atoms with E-state index in [9.17, 15) is 9.59 Å². The fraction of sp³-hybridized carbons (Fsp3) is 0.364. The first-order valence-corrected chi connectivity index (χ1v) is 6.26. The van der Waals surface area contributed by atoms with E-state index in [1.165, 1.54) is 18.2 Å². The zero-order chi connectivity index (χ0) is 13.7. The van der Waals surface area contributed by atoms with E-state index < -0.39 is 0 Å². The molecule has 0 spiro atoms. The van der Waals surface area contributed by atoms with E-state index in [4.69, 9.17) is 11.6 Å². The molecule has 1 aromatic rings. The number of ether oxygens (including phenoxy) is 1. The maximum absolute atomic E-state index is 12.0. The van der Waals surface area contributed by atoms with Crippen LogP contribution in [0.15, 0.2) is 16.7 Å². The summed E-state index contributed by atoms with van der Waals surface area (Å²) in [5.74, 6) is -0.661. The maximum Gasteiger partial charge on any atom is 0.307 e. The molecule has 1 rings (SSSR count). The number of nitrogens with zero attached hydrogens (tertiary/aromatic N) is 2. The molecule has 1 heterocycles. The molecule has 0 aliphatic carbocycles. The van der Waals surface area contributed by atoms with Crippen LogP contribution in [0.25, 0.3) is 0 Å². The third kappa shape index (κ3) is 3.96. The Kier molecular flexibility index (Phi) is 5.55. The summed E-state index contributed by atoms with van der Waals surface area (Å²) in [7, 11) is 2.89. The largest absolute Gasteiger partial charge is 0.469 e. The van der Waals surface area contributed by atoms with Gasteiger partial charge in [0, 0.05) is 24.3 Å². The number of amides is 1. The van der Waals surface area contributed by atoms with E-state index in [2.05, 4.69) is 25.7 Å². The van der Waals surface area contributed by atoms with E-state index in [1.54, 1.807) is 13.1 Å². The number of halogens is 2. The van der Waals surface area contributed by atoms with E-state index in [0.717, 1.165) is 0 Å². The van der Waals surface area contributed by atoms with Crippen molar-refractivity contribution in [1.82, 2.24) is 9.88 Å². The van der Waals surface area contributed by atoms with Gasteiger partial charge in [0.15, 0.2) is 0 Å². The number of pyridine rings is 1. The Hall–Kier alpha value is -1.14. The standard InChI is InChI=1S/C11H12BrClN2O3/c1-15(4-3-9(16)18-2)11(17)8-5-7(12)6-14-10(8)13/h5-6H,3-4H2,1-2H3. The van der Waals surface area contributed by atoms with Gasteiger partial charge in [0.25, 0.3) is 5.91 Å². The van der Waals surface area contributed by atoms with Gasteiger partial charge in [-0.05, 0) is 22.0 Å². The van der Waals surface area contributed by atoms with Crippen LogP contribution in [0.2, 0.25) is 5.15 Å². The lowest BCUT2D eigenvalue weighted by Crippen LogP contribution is -2.29. The van der Waals surface area contributed by atoms with Crippen LogP contribution in [-0.2, 0) is 9.53 Å². The normalized spacial score (nSPS) is 10.0. The van der Waals surface area contributed by atoms with E-state index in [-0.39, 0.29) is 30.0 Å². The molecular weight excluding hydrogens is 323 g/mol. The number of carbonyl (C=O) groups excluding carboxylic acids is 2. The second-order valence-corrected chi connectivity index (χ2v) is 4.82. The summed E-state index contributed by atoms with van der Waals surface area (Å²) in [6, 6.07) is 1.59. The first kappa shape index (κ1) is 14.9. The third-order valence-electron chi connectivity index (χ3n) is 2.26. The molecule has 0 fully saturated rings. The van der Waals surface area contributed by atoms with E-state index in [1.807, 2.05) is 0 Å². The van der Waals surface area contributed by atoms with Gasteiger partial charge < -0.3 is 9.64 Å². The zero-order valence-electron chi connectivity index (χ0n) is 9.94. The predicted molar refractivity (Wildman–Crippen MR) is 70.5 cm³/mol. The molecule has 0 saturated heterocycles. The smallest absolute Gasteiger partial charge is 0.307 e. The van der Waals surface area contributed by atoms with Crippen molar-refractivity contribution in [3.8, 4) is 0 Å². The zero-order valence-corrected chi connectivity index (χ0v) is 12.3. The summed E-state index contributed by atoms with van der Waals surface area (Å²) in [5, 5.41) is 0.133. The molecule has 0 aliphatic heterocycles. The molecule has 7 heteroatoms. The number of esters is 1. The van der Waals surface area contributed by atoms with Crippen molar-refractivity contribution in [3.63, 3.8) is 0 Å². The first-order chi connectivity index (χ1) is 8.45. The Morgan fingerprint density at radius 2 is 2.22 bits per heavy atom. The van der Waals surface area contributed by atoms with Gasteiger partial charge in [-0.15, -0.1) is 0 Å². The molecule has 0 N–H and O–H groups in total. The summed E-state index contributed by atoms with van der Waals surface area (Å²) in [6.45, 7) is 0.258. The van der Waals surface area contributed by atoms with Gasteiger partial charge in [0.1, 0.15) is 5.15 Å². The lowest BCUT2D eigenvalue weighted by molar-refractivity contribution is -0.140. The van der Waals surface area contributed by atoms with Crippen LogP contribution in [0.3, 0.4) is 0 Å². The minimum absolute atomic E-state index is 0.133. The van der Waals surface area contributed by atoms with Crippen LogP contribution in [0.5, 0.6) is 0 Å². The Morgan fingerprint density at radius 1 is 1.56 bits per heavy atom. The molecule has 1 amide bonds. The summed E-state index contributed by atoms with van der Waals surface area (Å²) < 4.78 is 5.17. The highest BCUT2D eigenvalue weighted by molar-refractivity contribution is 9.10. The van der Waals surface area contributed by atoms with Crippen molar-refractivity contribution in [2.75, 3.05) is 20.7 Å². The molecule has 0 aromatic carbocycles. The molecule has 98 valence electrons. The van der Waals surface area contributed by atoms with Gasteiger partial charge >= 0.3 is 5.97 Å². The first-order valence-electron chi connectivity index (χ1n) is 5.09. The quantitative estimate of drug-likeness (QED) is 0.625. The molecular formula is C11H12BrClN2O3. The molecule has 0 bridgehead atoms. The number of methoxy groups -OCH3 is 1. The highest BCUT2D eigenvalue weighted by Crippen LogP contribution is 2.19. The average Bonchev–Trinajstić information content (AvgIpc) is 2.37. The lowest BCUT2D eigenvalue weighted by atomic mass is 10.2. The van der Waals surface area contributed by atoms with Gasteiger partial charge in [-0.2, -0.15) is 0 Å². The monoisotopic (exact) mass is 334 g/mol. The lowest BCUT2D eigenvalue weighted by Gasteiger charge is -2.17. The number of hydrogen-bond acceptors (Lipinski definition) is 4. The summed E-state index contributed by atoms with van der Waals surface area (Å²) in [5.41, 5.74) is 0.290. The Labute approximate surface area is 118 Å². The minimum atomic E-state index is -0.367. The van der Waals surface area contributed by atoms with Crippen molar-refractivity contribution < 1.29 is 14.3 Å². The van der Waals surface area contributed by atoms with Crippen LogP contribution in [0, 0.1) is 0 Å². The van der Waals surface area contributed by atoms with Crippen molar-refractivity contribution in [2.45, 2.75) is 6.42 Å². The number of carbonyl (C=O) groups is 2. The Bertz CT molecular complexity index is 468. The van der Waals surface area contributed by atoms with Crippen LogP contribution < -0.4 is 0 Å². The van der Waals surface area contributed by atoms with Crippen LogP contribution >= 0.6 is 27.5 Å². The second kappa shape index (κ2) is 6.70. The van der Waals surface area contributed by atoms with Gasteiger partial charge in [0.2, 0.25) is 0 Å². The average molecular weight is 336 g/mol. The topological polar surface area (TPSA) is 59.5 Å². The fourth-order valence-electron chi connectivity index (χ4n) is 1.24. The molecule has 0 radical (unpaired) electrons. The number of rotatable bonds is 4. The Balaban J connectivity index is 2.74. The summed E-state index contributed by atoms with van der Waals surface area (Å²) in [4.78, 5) is 28.3. The number of hydrogen-bond donors (Lipinski definition) is 0. The molecule has 1 aromatic heterocycles. The molecule has 0 saturated carbocycles. The molecule has 0 aliphatic rings. The van der Waals surface area contributed by atoms with Crippen molar-refractivity contribution in [2.24, 2.45) is 0 Å². The fourth-order valence-corrected chi connectivity index (χ4v) is 1.76. The molecule has 5 nitrogen and oxygen atoms in total. The third-order valence-corrected chi connectivity index (χ3v) is 3.00. The van der Waals surface area contributed by atoms with Gasteiger partial charge in [0.05, 0.1) is 19.1 Å². The van der Waals surface area contributed by atoms with E-state index >= 15 is 0 Å². The predicted octanol–water partition coefficient (Wildman–Crippen LogP) is 2.13. The summed E-state index contributed by atoms with van der Waals surface area (Å²) >= 11 is 9.08. The second-order valence-electron chi connectivity index (χ2n) is 3.54. The SMILES string of the molecule is COC(=O)CCN(C)C(=O)c1cc(Br)cnc1Cl. The summed E-state index contributed by atoms with van der Waals surface area (Å²) in [6.07, 6.45) is 1.64.